The Morgan fingerprint density at radius 1 is 1.31 bits per heavy atom. The number of halogens is 1. The van der Waals surface area contributed by atoms with E-state index in [1.807, 2.05) is 19.1 Å². The number of ether oxygens (including phenoxy) is 3. The van der Waals surface area contributed by atoms with Gasteiger partial charge in [-0.3, -0.25) is 4.68 Å². The summed E-state index contributed by atoms with van der Waals surface area (Å²) in [4.78, 5) is 12.8. The molecule has 1 aliphatic heterocycles. The first-order valence-electron chi connectivity index (χ1n) is 11.1. The van der Waals surface area contributed by atoms with Gasteiger partial charge in [-0.25, -0.2) is 4.79 Å². The number of fused-ring (bicyclic) bond motifs is 2. The normalized spacial score (nSPS) is 29.4. The lowest BCUT2D eigenvalue weighted by molar-refractivity contribution is -0.166. The van der Waals surface area contributed by atoms with E-state index in [0.29, 0.717) is 29.9 Å². The second-order valence-corrected chi connectivity index (χ2v) is 9.86. The Balaban J connectivity index is 1.56. The minimum Gasteiger partial charge on any atom is -0.497 e. The molecule has 0 spiro atoms. The van der Waals surface area contributed by atoms with E-state index in [1.54, 1.807) is 18.0 Å². The van der Waals surface area contributed by atoms with Crippen molar-refractivity contribution in [3.63, 3.8) is 0 Å². The van der Waals surface area contributed by atoms with Crippen LogP contribution in [-0.4, -0.2) is 36.1 Å². The van der Waals surface area contributed by atoms with E-state index in [9.17, 15) is 4.79 Å². The number of carbonyl (C=O) groups is 1. The highest BCUT2D eigenvalue weighted by Crippen LogP contribution is 2.56. The van der Waals surface area contributed by atoms with Gasteiger partial charge in [0.15, 0.2) is 5.69 Å². The Labute approximate surface area is 198 Å². The summed E-state index contributed by atoms with van der Waals surface area (Å²) in [6, 6.07) is 8.11. The molecule has 6 nitrogen and oxygen atoms in total. The molecule has 32 heavy (non-hydrogen) atoms. The number of rotatable bonds is 6. The first-order valence-corrected chi connectivity index (χ1v) is 11.9. The summed E-state index contributed by atoms with van der Waals surface area (Å²) in [6.45, 7) is 10.2. The molecular weight excluding hydrogens is 472 g/mol. The molecule has 2 heterocycles. The van der Waals surface area contributed by atoms with Crippen molar-refractivity contribution >= 4 is 21.9 Å². The second-order valence-electron chi connectivity index (χ2n) is 9.01. The molecule has 0 radical (unpaired) electrons. The number of carbonyl (C=O) groups excluding carboxylic acids is 1. The van der Waals surface area contributed by atoms with Crippen LogP contribution < -0.4 is 4.74 Å². The monoisotopic (exact) mass is 502 g/mol. The van der Waals surface area contributed by atoms with E-state index in [2.05, 4.69) is 60.0 Å². The minimum atomic E-state index is -0.405. The van der Waals surface area contributed by atoms with Crippen molar-refractivity contribution in [2.24, 2.45) is 23.2 Å². The van der Waals surface area contributed by atoms with Gasteiger partial charge in [0.2, 0.25) is 0 Å². The highest BCUT2D eigenvalue weighted by Gasteiger charge is 2.54. The number of aryl methyl sites for hydroxylation is 1. The number of hydrogen-bond donors (Lipinski definition) is 0. The molecule has 0 amide bonds. The first kappa shape index (κ1) is 23.1. The number of benzene rings is 1. The molecule has 4 rings (SSSR count). The summed E-state index contributed by atoms with van der Waals surface area (Å²) in [6.07, 6.45) is 4.10. The van der Waals surface area contributed by atoms with Crippen LogP contribution in [0.1, 0.15) is 49.9 Å². The van der Waals surface area contributed by atoms with Gasteiger partial charge < -0.3 is 14.2 Å². The summed E-state index contributed by atoms with van der Waals surface area (Å²) < 4.78 is 20.0. The van der Waals surface area contributed by atoms with Crippen molar-refractivity contribution in [1.82, 2.24) is 9.78 Å². The fourth-order valence-electron chi connectivity index (χ4n) is 5.32. The van der Waals surface area contributed by atoms with Crippen LogP contribution in [0.3, 0.4) is 0 Å². The van der Waals surface area contributed by atoms with Crippen LogP contribution in [0.2, 0.25) is 0 Å². The lowest BCUT2D eigenvalue weighted by Crippen LogP contribution is -2.54. The molecule has 1 aromatic carbocycles. The molecule has 5 atom stereocenters. The van der Waals surface area contributed by atoms with Crippen molar-refractivity contribution in [3.8, 4) is 5.75 Å². The number of hydrogen-bond acceptors (Lipinski definition) is 5. The molecule has 0 N–H and O–H groups in total. The van der Waals surface area contributed by atoms with Gasteiger partial charge in [-0.1, -0.05) is 37.6 Å². The fraction of sp³-hybridized carbons (Fsp3) is 0.520. The van der Waals surface area contributed by atoms with Gasteiger partial charge in [0.05, 0.1) is 24.3 Å². The zero-order chi connectivity index (χ0) is 23.0. The van der Waals surface area contributed by atoms with Crippen LogP contribution in [0, 0.1) is 23.2 Å². The zero-order valence-electron chi connectivity index (χ0n) is 19.3. The maximum Gasteiger partial charge on any atom is 0.360 e. The van der Waals surface area contributed by atoms with Crippen LogP contribution in [0.15, 0.2) is 46.6 Å². The Morgan fingerprint density at radius 3 is 2.66 bits per heavy atom. The molecule has 2 aliphatic rings. The molecule has 1 fully saturated rings. The first-order chi connectivity index (χ1) is 15.3. The van der Waals surface area contributed by atoms with Crippen LogP contribution in [0.25, 0.3) is 0 Å². The molecule has 2 aromatic rings. The second kappa shape index (κ2) is 9.02. The Kier molecular flexibility index (Phi) is 6.50. The van der Waals surface area contributed by atoms with E-state index < -0.39 is 5.97 Å². The average molecular weight is 503 g/mol. The maximum absolute atomic E-state index is 12.8. The molecule has 0 saturated carbocycles. The van der Waals surface area contributed by atoms with Crippen molar-refractivity contribution < 1.29 is 19.0 Å². The summed E-state index contributed by atoms with van der Waals surface area (Å²) in [5, 5.41) is 4.33. The summed E-state index contributed by atoms with van der Waals surface area (Å²) in [5.41, 5.74) is 2.51. The van der Waals surface area contributed by atoms with Crippen molar-refractivity contribution in [2.45, 2.75) is 40.3 Å². The number of nitrogens with zero attached hydrogens (tertiary/aromatic N) is 2. The number of aromatic nitrogens is 2. The van der Waals surface area contributed by atoms with Gasteiger partial charge in [-0.05, 0) is 59.3 Å². The SMILES string of the molecule is CCn1cc(Br)c(C(=O)OC[C@]23COC(c4ccc(OC)cc4)[C@@H](C(C)=CC2C)C3C)n1. The third kappa shape index (κ3) is 3.90. The van der Waals surface area contributed by atoms with Crippen LogP contribution in [0.4, 0.5) is 0 Å². The maximum atomic E-state index is 12.8. The smallest absolute Gasteiger partial charge is 0.360 e. The van der Waals surface area contributed by atoms with Gasteiger partial charge in [0.1, 0.15) is 12.4 Å². The zero-order valence-corrected chi connectivity index (χ0v) is 20.9. The fourth-order valence-corrected chi connectivity index (χ4v) is 5.80. The Hall–Kier alpha value is -2.12. The van der Waals surface area contributed by atoms with Gasteiger partial charge >= 0.3 is 5.97 Å². The Bertz CT molecular complexity index is 1020. The molecule has 172 valence electrons. The number of esters is 1. The molecule has 1 aromatic heterocycles. The third-order valence-electron chi connectivity index (χ3n) is 7.40. The minimum absolute atomic E-state index is 0.0297. The van der Waals surface area contributed by atoms with E-state index in [0.717, 1.165) is 11.3 Å². The van der Waals surface area contributed by atoms with E-state index in [-0.39, 0.29) is 29.3 Å². The van der Waals surface area contributed by atoms with Gasteiger partial charge in [0, 0.05) is 24.1 Å². The van der Waals surface area contributed by atoms with E-state index in [1.165, 1.54) is 5.57 Å². The predicted octanol–water partition coefficient (Wildman–Crippen LogP) is 5.44. The van der Waals surface area contributed by atoms with Crippen molar-refractivity contribution in [3.05, 3.63) is 57.8 Å². The van der Waals surface area contributed by atoms with Gasteiger partial charge in [-0.2, -0.15) is 5.10 Å². The van der Waals surface area contributed by atoms with Crippen molar-refractivity contribution in [2.75, 3.05) is 20.3 Å². The lowest BCUT2D eigenvalue weighted by atomic mass is 9.56. The topological polar surface area (TPSA) is 62.6 Å². The van der Waals surface area contributed by atoms with Crippen molar-refractivity contribution in [1.29, 1.82) is 0 Å². The standard InChI is InChI=1S/C25H31BrN2O4/c1-6-28-12-20(26)22(27-28)24(29)32-14-25-13-31-23(18-7-9-19(30-5)10-8-18)21(17(25)4)15(2)11-16(25)3/h7-12,16-17,21,23H,6,13-14H2,1-5H3/t16?,17?,21-,23?,25+/m0/s1. The van der Waals surface area contributed by atoms with Gasteiger partial charge in [0.25, 0.3) is 0 Å². The predicted molar refractivity (Wildman–Crippen MR) is 126 cm³/mol. The number of methoxy groups -OCH3 is 1. The summed E-state index contributed by atoms with van der Waals surface area (Å²) in [5.74, 6) is 1.17. The summed E-state index contributed by atoms with van der Waals surface area (Å²) in [7, 11) is 1.67. The largest absolute Gasteiger partial charge is 0.497 e. The number of allylic oxidation sites excluding steroid dienone is 1. The molecule has 2 bridgehead atoms. The molecule has 1 saturated heterocycles. The lowest BCUT2D eigenvalue weighted by Gasteiger charge is -2.55. The Morgan fingerprint density at radius 2 is 2.03 bits per heavy atom. The molecule has 3 unspecified atom stereocenters. The average Bonchev–Trinajstić information content (AvgIpc) is 3.17. The quantitative estimate of drug-likeness (QED) is 0.388. The summed E-state index contributed by atoms with van der Waals surface area (Å²) >= 11 is 3.42. The molecule has 7 heteroatoms. The third-order valence-corrected chi connectivity index (χ3v) is 7.98. The van der Waals surface area contributed by atoms with E-state index in [4.69, 9.17) is 14.2 Å². The highest BCUT2D eigenvalue weighted by atomic mass is 79.9. The van der Waals surface area contributed by atoms with Crippen LogP contribution in [-0.2, 0) is 16.0 Å². The van der Waals surface area contributed by atoms with Crippen LogP contribution in [0.5, 0.6) is 5.75 Å². The molecule has 1 aliphatic carbocycles. The van der Waals surface area contributed by atoms with Gasteiger partial charge in [-0.15, -0.1) is 0 Å². The highest BCUT2D eigenvalue weighted by molar-refractivity contribution is 9.10. The van der Waals surface area contributed by atoms with E-state index >= 15 is 0 Å². The van der Waals surface area contributed by atoms with Crippen LogP contribution >= 0.6 is 15.9 Å². The molecular formula is C25H31BrN2O4.